The lowest BCUT2D eigenvalue weighted by Crippen LogP contribution is -2.33. The topological polar surface area (TPSA) is 64.0 Å². The molecule has 3 aromatic rings. The van der Waals surface area contributed by atoms with Gasteiger partial charge in [-0.05, 0) is 23.4 Å². The Labute approximate surface area is 150 Å². The van der Waals surface area contributed by atoms with Crippen LogP contribution in [0.25, 0.3) is 10.8 Å². The molecule has 1 N–H and O–H groups in total. The second-order valence-corrected chi connectivity index (χ2v) is 7.38. The summed E-state index contributed by atoms with van der Waals surface area (Å²) >= 11 is 1.64. The second kappa shape index (κ2) is 7.19. The van der Waals surface area contributed by atoms with Crippen LogP contribution in [-0.2, 0) is 18.3 Å². The molecule has 0 saturated carbocycles. The molecule has 25 heavy (non-hydrogen) atoms. The summed E-state index contributed by atoms with van der Waals surface area (Å²) in [6.45, 7) is 4.18. The van der Waals surface area contributed by atoms with Crippen LogP contribution in [-0.4, -0.2) is 15.7 Å². The number of thiophene rings is 1. The Bertz CT molecular complexity index is 945. The van der Waals surface area contributed by atoms with Gasteiger partial charge in [0.1, 0.15) is 0 Å². The molecule has 1 atom stereocenters. The summed E-state index contributed by atoms with van der Waals surface area (Å²) in [5, 5.41) is 10.7. The van der Waals surface area contributed by atoms with Gasteiger partial charge < -0.3 is 5.32 Å². The number of aryl methyl sites for hydroxylation is 1. The Hall–Kier alpha value is -2.47. The fourth-order valence-corrected chi connectivity index (χ4v) is 3.87. The van der Waals surface area contributed by atoms with Crippen LogP contribution in [0.4, 0.5) is 0 Å². The van der Waals surface area contributed by atoms with E-state index in [0.29, 0.717) is 11.1 Å². The normalized spacial score (nSPS) is 12.5. The molecule has 0 aliphatic carbocycles. The van der Waals surface area contributed by atoms with Crippen molar-refractivity contribution >= 4 is 28.0 Å². The van der Waals surface area contributed by atoms with Crippen LogP contribution < -0.4 is 10.9 Å². The molecule has 130 valence electrons. The molecule has 3 rings (SSSR count). The van der Waals surface area contributed by atoms with E-state index in [1.807, 2.05) is 35.7 Å². The Kier molecular flexibility index (Phi) is 4.99. The molecular weight excluding hydrogens is 334 g/mol. The van der Waals surface area contributed by atoms with Crippen LogP contribution >= 0.6 is 11.3 Å². The number of aromatic nitrogens is 2. The monoisotopic (exact) mass is 355 g/mol. The van der Waals surface area contributed by atoms with Crippen LogP contribution in [0.5, 0.6) is 0 Å². The van der Waals surface area contributed by atoms with E-state index in [9.17, 15) is 9.59 Å². The Balaban J connectivity index is 1.87. The second-order valence-electron chi connectivity index (χ2n) is 6.40. The molecule has 1 amide bonds. The van der Waals surface area contributed by atoms with Gasteiger partial charge in [-0.1, -0.05) is 38.1 Å². The molecule has 0 saturated heterocycles. The summed E-state index contributed by atoms with van der Waals surface area (Å²) < 4.78 is 1.30. The molecule has 0 aliphatic heterocycles. The molecule has 0 aliphatic rings. The summed E-state index contributed by atoms with van der Waals surface area (Å²) in [5.74, 6) is 0.191. The lowest BCUT2D eigenvalue weighted by molar-refractivity contribution is -0.121. The standard InChI is InChI=1S/C19H21N3O2S/c1-12(2)18(16-9-6-10-25-16)20-17(23)11-15-13-7-4-5-8-14(13)19(24)22(3)21-15/h4-10,12,18H,11H2,1-3H3,(H,20,23)/t18-/m0/s1. The van der Waals surface area contributed by atoms with E-state index >= 15 is 0 Å². The third-order valence-electron chi connectivity index (χ3n) is 4.19. The van der Waals surface area contributed by atoms with Crippen LogP contribution in [0.1, 0.15) is 30.5 Å². The molecule has 0 unspecified atom stereocenters. The molecule has 0 bridgehead atoms. The lowest BCUT2D eigenvalue weighted by atomic mass is 10.0. The highest BCUT2D eigenvalue weighted by atomic mass is 32.1. The number of nitrogens with zero attached hydrogens (tertiary/aromatic N) is 2. The fraction of sp³-hybridized carbons (Fsp3) is 0.316. The van der Waals surface area contributed by atoms with Gasteiger partial charge in [0.25, 0.3) is 5.56 Å². The number of fused-ring (bicyclic) bond motifs is 1. The number of rotatable bonds is 5. The maximum absolute atomic E-state index is 12.6. The Morgan fingerprint density at radius 2 is 1.92 bits per heavy atom. The summed E-state index contributed by atoms with van der Waals surface area (Å²) in [6.07, 6.45) is 0.142. The predicted molar refractivity (Wildman–Crippen MR) is 101 cm³/mol. The SMILES string of the molecule is CC(C)[C@H](NC(=O)Cc1nn(C)c(=O)c2ccccc12)c1cccs1. The van der Waals surface area contributed by atoms with Crippen molar-refractivity contribution in [1.82, 2.24) is 15.1 Å². The number of hydrogen-bond acceptors (Lipinski definition) is 4. The smallest absolute Gasteiger partial charge is 0.274 e. The highest BCUT2D eigenvalue weighted by Crippen LogP contribution is 2.26. The largest absolute Gasteiger partial charge is 0.348 e. The van der Waals surface area contributed by atoms with E-state index in [1.165, 1.54) is 4.68 Å². The first kappa shape index (κ1) is 17.4. The van der Waals surface area contributed by atoms with Crippen molar-refractivity contribution < 1.29 is 4.79 Å². The van der Waals surface area contributed by atoms with Crippen LogP contribution in [0.3, 0.4) is 0 Å². The molecule has 0 fully saturated rings. The molecule has 2 heterocycles. The average molecular weight is 355 g/mol. The third kappa shape index (κ3) is 3.64. The number of carbonyl (C=O) groups is 1. The van der Waals surface area contributed by atoms with Crippen molar-refractivity contribution in [2.45, 2.75) is 26.3 Å². The van der Waals surface area contributed by atoms with Crippen LogP contribution in [0.15, 0.2) is 46.6 Å². The van der Waals surface area contributed by atoms with E-state index in [0.717, 1.165) is 10.3 Å². The minimum atomic E-state index is -0.154. The van der Waals surface area contributed by atoms with Crippen molar-refractivity contribution in [3.8, 4) is 0 Å². The maximum atomic E-state index is 12.6. The highest BCUT2D eigenvalue weighted by molar-refractivity contribution is 7.10. The van der Waals surface area contributed by atoms with E-state index in [2.05, 4.69) is 24.3 Å². The minimum Gasteiger partial charge on any atom is -0.348 e. The zero-order chi connectivity index (χ0) is 18.0. The highest BCUT2D eigenvalue weighted by Gasteiger charge is 2.20. The molecule has 0 radical (unpaired) electrons. The van der Waals surface area contributed by atoms with Gasteiger partial charge in [0.15, 0.2) is 0 Å². The van der Waals surface area contributed by atoms with Crippen LogP contribution in [0.2, 0.25) is 0 Å². The van der Waals surface area contributed by atoms with Crippen molar-refractivity contribution in [2.24, 2.45) is 13.0 Å². The minimum absolute atomic E-state index is 0.0219. The van der Waals surface area contributed by atoms with E-state index in [4.69, 9.17) is 0 Å². The Morgan fingerprint density at radius 3 is 2.56 bits per heavy atom. The Morgan fingerprint density at radius 1 is 1.20 bits per heavy atom. The summed E-state index contributed by atoms with van der Waals surface area (Å²) in [5.41, 5.74) is 0.460. The average Bonchev–Trinajstić information content (AvgIpc) is 3.11. The lowest BCUT2D eigenvalue weighted by Gasteiger charge is -2.21. The quantitative estimate of drug-likeness (QED) is 0.765. The number of benzene rings is 1. The summed E-state index contributed by atoms with van der Waals surface area (Å²) in [6, 6.07) is 11.3. The zero-order valence-corrected chi connectivity index (χ0v) is 15.3. The first-order chi connectivity index (χ1) is 12.0. The molecular formula is C19H21N3O2S. The van der Waals surface area contributed by atoms with Crippen molar-refractivity contribution in [3.05, 3.63) is 62.7 Å². The van der Waals surface area contributed by atoms with E-state index in [1.54, 1.807) is 24.5 Å². The number of amides is 1. The number of nitrogens with one attached hydrogen (secondary N) is 1. The molecule has 5 nitrogen and oxygen atoms in total. The van der Waals surface area contributed by atoms with Gasteiger partial charge in [0, 0.05) is 17.3 Å². The first-order valence-electron chi connectivity index (χ1n) is 8.25. The fourth-order valence-electron chi connectivity index (χ4n) is 2.92. The predicted octanol–water partition coefficient (Wildman–Crippen LogP) is 3.05. The van der Waals surface area contributed by atoms with E-state index in [-0.39, 0.29) is 29.8 Å². The van der Waals surface area contributed by atoms with Gasteiger partial charge in [0.2, 0.25) is 5.91 Å². The number of hydrogen-bond donors (Lipinski definition) is 1. The van der Waals surface area contributed by atoms with Gasteiger partial charge in [-0.2, -0.15) is 5.10 Å². The molecule has 6 heteroatoms. The van der Waals surface area contributed by atoms with Crippen molar-refractivity contribution in [3.63, 3.8) is 0 Å². The molecule has 0 spiro atoms. The van der Waals surface area contributed by atoms with Crippen LogP contribution in [0, 0.1) is 5.92 Å². The molecule has 1 aromatic carbocycles. The van der Waals surface area contributed by atoms with Gasteiger partial charge in [-0.25, -0.2) is 4.68 Å². The van der Waals surface area contributed by atoms with Gasteiger partial charge in [-0.3, -0.25) is 9.59 Å². The third-order valence-corrected chi connectivity index (χ3v) is 5.15. The van der Waals surface area contributed by atoms with Crippen molar-refractivity contribution in [2.75, 3.05) is 0 Å². The van der Waals surface area contributed by atoms with E-state index < -0.39 is 0 Å². The summed E-state index contributed by atoms with van der Waals surface area (Å²) in [4.78, 5) is 26.0. The van der Waals surface area contributed by atoms with Gasteiger partial charge >= 0.3 is 0 Å². The first-order valence-corrected chi connectivity index (χ1v) is 9.13. The van der Waals surface area contributed by atoms with Gasteiger partial charge in [-0.15, -0.1) is 11.3 Å². The zero-order valence-electron chi connectivity index (χ0n) is 14.5. The molecule has 2 aromatic heterocycles. The summed E-state index contributed by atoms with van der Waals surface area (Å²) in [7, 11) is 1.61. The maximum Gasteiger partial charge on any atom is 0.274 e. The number of carbonyl (C=O) groups excluding carboxylic acids is 1. The van der Waals surface area contributed by atoms with Crippen molar-refractivity contribution in [1.29, 1.82) is 0 Å². The van der Waals surface area contributed by atoms with Gasteiger partial charge in [0.05, 0.1) is 23.5 Å².